The van der Waals surface area contributed by atoms with Crippen molar-refractivity contribution in [2.75, 3.05) is 18.0 Å². The van der Waals surface area contributed by atoms with Crippen molar-refractivity contribution in [2.45, 2.75) is 51.6 Å². The van der Waals surface area contributed by atoms with Crippen LogP contribution in [0.4, 0.5) is 5.69 Å². The highest BCUT2D eigenvalue weighted by atomic mass is 35.5. The summed E-state index contributed by atoms with van der Waals surface area (Å²) in [5.74, 6) is -0.0217. The average molecular weight is 428 g/mol. The van der Waals surface area contributed by atoms with Crippen LogP contribution in [0.2, 0.25) is 5.02 Å². The van der Waals surface area contributed by atoms with Gasteiger partial charge in [-0.05, 0) is 79.5 Å². The molecular formula is C25H30ClNO3. The van der Waals surface area contributed by atoms with Crippen molar-refractivity contribution < 1.29 is 14.6 Å². The molecule has 2 aromatic carbocycles. The van der Waals surface area contributed by atoms with Gasteiger partial charge in [-0.15, -0.1) is 6.58 Å². The van der Waals surface area contributed by atoms with Gasteiger partial charge in [0.1, 0.15) is 12.4 Å². The minimum Gasteiger partial charge on any atom is -0.487 e. The lowest BCUT2D eigenvalue weighted by Crippen LogP contribution is -2.26. The Morgan fingerprint density at radius 1 is 1.17 bits per heavy atom. The SMILES string of the molecule is C=CCCCCN1CCCCc2cc(Cl)ccc2COc2ccc(CC(=O)O)cc21. The molecule has 30 heavy (non-hydrogen) atoms. The summed E-state index contributed by atoms with van der Waals surface area (Å²) in [6.45, 7) is 6.11. The number of carbonyl (C=O) groups is 1. The standard InChI is InChI=1S/C25H30ClNO3/c1-2-3-4-6-13-27-14-7-5-8-20-17-22(26)11-10-21(20)18-30-24-12-9-19(15-23(24)27)16-25(28)29/h2,9-12,15,17H,1,3-8,13-14,16,18H2,(H,28,29). The van der Waals surface area contributed by atoms with E-state index in [0.29, 0.717) is 6.61 Å². The monoisotopic (exact) mass is 427 g/mol. The summed E-state index contributed by atoms with van der Waals surface area (Å²) in [4.78, 5) is 13.6. The van der Waals surface area contributed by atoms with Gasteiger partial charge in [0.2, 0.25) is 0 Å². The number of allylic oxidation sites excluding steroid dienone is 1. The van der Waals surface area contributed by atoms with E-state index in [-0.39, 0.29) is 6.42 Å². The number of carboxylic acids is 1. The molecule has 160 valence electrons. The number of rotatable bonds is 7. The van der Waals surface area contributed by atoms with Gasteiger partial charge in [0.25, 0.3) is 0 Å². The Kier molecular flexibility index (Phi) is 8.21. The molecule has 0 spiro atoms. The van der Waals surface area contributed by atoms with Gasteiger partial charge in [0, 0.05) is 18.1 Å². The largest absolute Gasteiger partial charge is 0.487 e. The smallest absolute Gasteiger partial charge is 0.307 e. The zero-order valence-electron chi connectivity index (χ0n) is 17.4. The fourth-order valence-corrected chi connectivity index (χ4v) is 4.10. The van der Waals surface area contributed by atoms with Crippen molar-refractivity contribution in [3.8, 4) is 5.75 Å². The normalized spacial score (nSPS) is 14.1. The van der Waals surface area contributed by atoms with Gasteiger partial charge in [-0.3, -0.25) is 4.79 Å². The molecule has 3 rings (SSSR count). The number of nitrogens with zero attached hydrogens (tertiary/aromatic N) is 1. The van der Waals surface area contributed by atoms with Crippen molar-refractivity contribution >= 4 is 23.3 Å². The van der Waals surface area contributed by atoms with Crippen LogP contribution in [-0.2, 0) is 24.2 Å². The lowest BCUT2D eigenvalue weighted by atomic mass is 10.0. The van der Waals surface area contributed by atoms with Crippen LogP contribution in [-0.4, -0.2) is 24.2 Å². The van der Waals surface area contributed by atoms with Gasteiger partial charge in [0.15, 0.2) is 0 Å². The quantitative estimate of drug-likeness (QED) is 0.432. The summed E-state index contributed by atoms with van der Waals surface area (Å²) in [5, 5.41) is 9.98. The molecule has 1 aliphatic rings. The first-order valence-corrected chi connectivity index (χ1v) is 11.1. The van der Waals surface area contributed by atoms with Gasteiger partial charge in [-0.1, -0.05) is 29.8 Å². The van der Waals surface area contributed by atoms with Crippen LogP contribution in [0.5, 0.6) is 5.75 Å². The second-order valence-corrected chi connectivity index (χ2v) is 8.24. The number of ether oxygens (including phenoxy) is 1. The second kappa shape index (κ2) is 11.1. The van der Waals surface area contributed by atoms with Crippen LogP contribution >= 0.6 is 11.6 Å². The van der Waals surface area contributed by atoms with Crippen LogP contribution in [0, 0.1) is 0 Å². The van der Waals surface area contributed by atoms with Crippen LogP contribution < -0.4 is 9.64 Å². The molecule has 1 heterocycles. The Morgan fingerprint density at radius 3 is 2.83 bits per heavy atom. The first-order chi connectivity index (χ1) is 14.6. The lowest BCUT2D eigenvalue weighted by molar-refractivity contribution is -0.136. The van der Waals surface area contributed by atoms with Gasteiger partial charge in [-0.25, -0.2) is 0 Å². The molecule has 2 aromatic rings. The molecule has 0 aliphatic carbocycles. The van der Waals surface area contributed by atoms with Gasteiger partial charge < -0.3 is 14.7 Å². The summed E-state index contributed by atoms with van der Waals surface area (Å²) in [7, 11) is 0. The van der Waals surface area contributed by atoms with Crippen molar-refractivity contribution in [3.63, 3.8) is 0 Å². The summed E-state index contributed by atoms with van der Waals surface area (Å²) < 4.78 is 6.26. The summed E-state index contributed by atoms with van der Waals surface area (Å²) in [6, 6.07) is 11.7. The number of hydrogen-bond donors (Lipinski definition) is 1. The third-order valence-electron chi connectivity index (χ3n) is 5.48. The zero-order valence-corrected chi connectivity index (χ0v) is 18.2. The van der Waals surface area contributed by atoms with Crippen LogP contribution in [0.25, 0.3) is 0 Å². The van der Waals surface area contributed by atoms with E-state index in [1.54, 1.807) is 0 Å². The molecule has 0 fully saturated rings. The maximum absolute atomic E-state index is 11.2. The Bertz CT molecular complexity index is 881. The Morgan fingerprint density at radius 2 is 2.03 bits per heavy atom. The first kappa shape index (κ1) is 22.2. The summed E-state index contributed by atoms with van der Waals surface area (Å²) in [6.07, 6.45) is 8.22. The van der Waals surface area contributed by atoms with Crippen molar-refractivity contribution in [1.82, 2.24) is 0 Å². The number of hydrogen-bond acceptors (Lipinski definition) is 3. The lowest BCUT2D eigenvalue weighted by Gasteiger charge is -2.27. The topological polar surface area (TPSA) is 49.8 Å². The molecule has 0 bridgehead atoms. The number of fused-ring (bicyclic) bond motifs is 2. The van der Waals surface area contributed by atoms with E-state index in [0.717, 1.165) is 79.2 Å². The van der Waals surface area contributed by atoms with Crippen LogP contribution in [0.3, 0.4) is 0 Å². The predicted octanol–water partition coefficient (Wildman–Crippen LogP) is 6.05. The predicted molar refractivity (Wildman–Crippen MR) is 123 cm³/mol. The van der Waals surface area contributed by atoms with E-state index in [9.17, 15) is 9.90 Å². The number of carboxylic acid groups (broad SMARTS) is 1. The Hall–Kier alpha value is -2.46. The van der Waals surface area contributed by atoms with E-state index in [2.05, 4.69) is 11.5 Å². The highest BCUT2D eigenvalue weighted by Gasteiger charge is 2.17. The van der Waals surface area contributed by atoms with Crippen LogP contribution in [0.1, 0.15) is 48.8 Å². The molecule has 1 aliphatic heterocycles. The third-order valence-corrected chi connectivity index (χ3v) is 5.72. The maximum atomic E-state index is 11.2. The Balaban J connectivity index is 1.90. The third kappa shape index (κ3) is 6.27. The second-order valence-electron chi connectivity index (χ2n) is 7.80. The van der Waals surface area contributed by atoms with Crippen LogP contribution in [0.15, 0.2) is 49.1 Å². The average Bonchev–Trinajstić information content (AvgIpc) is 2.74. The summed E-state index contributed by atoms with van der Waals surface area (Å²) >= 11 is 6.22. The number of aliphatic carboxylic acids is 1. The number of anilines is 1. The fraction of sp³-hybridized carbons (Fsp3) is 0.400. The van der Waals surface area contributed by atoms with Gasteiger partial charge >= 0.3 is 5.97 Å². The molecule has 0 unspecified atom stereocenters. The van der Waals surface area contributed by atoms with E-state index in [1.807, 2.05) is 42.5 Å². The van der Waals surface area contributed by atoms with E-state index >= 15 is 0 Å². The molecule has 5 heteroatoms. The maximum Gasteiger partial charge on any atom is 0.307 e. The van der Waals surface area contributed by atoms with Gasteiger partial charge in [0.05, 0.1) is 12.1 Å². The molecule has 0 saturated heterocycles. The number of benzene rings is 2. The molecule has 0 amide bonds. The molecule has 0 radical (unpaired) electrons. The number of unbranched alkanes of at least 4 members (excludes halogenated alkanes) is 2. The zero-order chi connectivity index (χ0) is 21.3. The summed E-state index contributed by atoms with van der Waals surface area (Å²) in [5.41, 5.74) is 4.18. The first-order valence-electron chi connectivity index (χ1n) is 10.7. The molecule has 0 saturated carbocycles. The van der Waals surface area contributed by atoms with Crippen molar-refractivity contribution in [2.24, 2.45) is 0 Å². The molecular weight excluding hydrogens is 398 g/mol. The molecule has 1 N–H and O–H groups in total. The molecule has 4 nitrogen and oxygen atoms in total. The Labute approximate surface area is 184 Å². The van der Waals surface area contributed by atoms with Crippen molar-refractivity contribution in [1.29, 1.82) is 0 Å². The minimum atomic E-state index is -0.823. The van der Waals surface area contributed by atoms with E-state index in [1.165, 1.54) is 5.56 Å². The minimum absolute atomic E-state index is 0.0128. The molecule has 0 aromatic heterocycles. The van der Waals surface area contributed by atoms with E-state index in [4.69, 9.17) is 16.3 Å². The number of halogens is 1. The molecule has 0 atom stereocenters. The van der Waals surface area contributed by atoms with E-state index < -0.39 is 5.97 Å². The van der Waals surface area contributed by atoms with Crippen molar-refractivity contribution in [3.05, 3.63) is 70.8 Å². The highest BCUT2D eigenvalue weighted by Crippen LogP contribution is 2.33. The van der Waals surface area contributed by atoms with Gasteiger partial charge in [-0.2, -0.15) is 0 Å². The fourth-order valence-electron chi connectivity index (χ4n) is 3.90. The number of aryl methyl sites for hydroxylation is 1. The highest BCUT2D eigenvalue weighted by molar-refractivity contribution is 6.30.